The number of aliphatic hydroxyl groups excluding tert-OH is 1. The zero-order valence-corrected chi connectivity index (χ0v) is 9.00. The molecule has 13 heavy (non-hydrogen) atoms. The van der Waals surface area contributed by atoms with Crippen molar-refractivity contribution in [1.82, 2.24) is 0 Å². The van der Waals surface area contributed by atoms with Gasteiger partial charge in [0.15, 0.2) is 5.78 Å². The zero-order valence-electron chi connectivity index (χ0n) is 9.00. The van der Waals surface area contributed by atoms with Crippen LogP contribution in [0.3, 0.4) is 0 Å². The topological polar surface area (TPSA) is 37.3 Å². The predicted molar refractivity (Wildman–Crippen MR) is 54.5 cm³/mol. The maximum absolute atomic E-state index is 10.6. The van der Waals surface area contributed by atoms with Gasteiger partial charge in [0.1, 0.15) is 0 Å². The van der Waals surface area contributed by atoms with Crippen molar-refractivity contribution in [2.24, 2.45) is 5.41 Å². The van der Waals surface area contributed by atoms with Crippen LogP contribution in [-0.2, 0) is 4.79 Å². The molecule has 0 heterocycles. The third kappa shape index (κ3) is 4.83. The molecule has 76 valence electrons. The molecule has 0 aromatic rings. The summed E-state index contributed by atoms with van der Waals surface area (Å²) in [4.78, 5) is 10.6. The first-order chi connectivity index (χ1) is 5.90. The van der Waals surface area contributed by atoms with Crippen LogP contribution in [0.15, 0.2) is 12.2 Å². The number of carbonyl (C=O) groups excluding carboxylic acids is 1. The van der Waals surface area contributed by atoms with Crippen LogP contribution in [0.1, 0.15) is 40.5 Å². The van der Waals surface area contributed by atoms with Crippen LogP contribution in [0.2, 0.25) is 0 Å². The molecule has 1 atom stereocenters. The van der Waals surface area contributed by atoms with E-state index in [-0.39, 0.29) is 11.2 Å². The lowest BCUT2D eigenvalue weighted by Gasteiger charge is -2.27. The Kier molecular flexibility index (Phi) is 4.92. The zero-order chi connectivity index (χ0) is 10.5. The Balaban J connectivity index is 4.23. The van der Waals surface area contributed by atoms with E-state index in [1.54, 1.807) is 6.08 Å². The number of rotatable bonds is 5. The SMILES string of the molecule is CCCC(C)(C)C(O)/C=C/C(C)=O. The summed E-state index contributed by atoms with van der Waals surface area (Å²) in [5.74, 6) is -0.0219. The molecule has 0 aromatic heterocycles. The number of hydrogen-bond donors (Lipinski definition) is 1. The first kappa shape index (κ1) is 12.4. The van der Waals surface area contributed by atoms with Crippen LogP contribution >= 0.6 is 0 Å². The molecule has 2 heteroatoms. The fourth-order valence-corrected chi connectivity index (χ4v) is 1.28. The van der Waals surface area contributed by atoms with Crippen molar-refractivity contribution < 1.29 is 9.90 Å². The first-order valence-electron chi connectivity index (χ1n) is 4.77. The molecule has 0 aliphatic carbocycles. The maximum Gasteiger partial charge on any atom is 0.152 e. The highest BCUT2D eigenvalue weighted by Crippen LogP contribution is 2.27. The Hall–Kier alpha value is -0.630. The van der Waals surface area contributed by atoms with Gasteiger partial charge in [-0.2, -0.15) is 0 Å². The Morgan fingerprint density at radius 3 is 2.46 bits per heavy atom. The van der Waals surface area contributed by atoms with Crippen LogP contribution in [-0.4, -0.2) is 17.0 Å². The van der Waals surface area contributed by atoms with Crippen LogP contribution in [0.25, 0.3) is 0 Å². The van der Waals surface area contributed by atoms with Crippen molar-refractivity contribution >= 4 is 5.78 Å². The average Bonchev–Trinajstić information content (AvgIpc) is 1.99. The molecule has 2 nitrogen and oxygen atoms in total. The highest BCUT2D eigenvalue weighted by Gasteiger charge is 2.24. The van der Waals surface area contributed by atoms with Crippen LogP contribution in [0.5, 0.6) is 0 Å². The number of allylic oxidation sites excluding steroid dienone is 1. The maximum atomic E-state index is 10.6. The summed E-state index contributed by atoms with van der Waals surface area (Å²) >= 11 is 0. The van der Waals surface area contributed by atoms with E-state index in [2.05, 4.69) is 6.92 Å². The van der Waals surface area contributed by atoms with E-state index in [1.165, 1.54) is 13.0 Å². The molecule has 0 fully saturated rings. The molecule has 0 aliphatic rings. The van der Waals surface area contributed by atoms with E-state index < -0.39 is 6.10 Å². The van der Waals surface area contributed by atoms with Gasteiger partial charge in [0.05, 0.1) is 6.10 Å². The van der Waals surface area contributed by atoms with Gasteiger partial charge in [0, 0.05) is 0 Å². The fourth-order valence-electron chi connectivity index (χ4n) is 1.28. The Labute approximate surface area is 80.7 Å². The van der Waals surface area contributed by atoms with Gasteiger partial charge in [-0.25, -0.2) is 0 Å². The average molecular weight is 184 g/mol. The van der Waals surface area contributed by atoms with Crippen LogP contribution in [0.4, 0.5) is 0 Å². The Bertz CT molecular complexity index is 192. The van der Waals surface area contributed by atoms with E-state index in [0.29, 0.717) is 0 Å². The second-order valence-corrected chi connectivity index (χ2v) is 4.15. The van der Waals surface area contributed by atoms with E-state index in [1.807, 2.05) is 13.8 Å². The lowest BCUT2D eigenvalue weighted by Crippen LogP contribution is -2.27. The minimum Gasteiger partial charge on any atom is -0.388 e. The van der Waals surface area contributed by atoms with Crippen molar-refractivity contribution in [3.8, 4) is 0 Å². The van der Waals surface area contributed by atoms with Gasteiger partial charge in [-0.3, -0.25) is 4.79 Å². The molecule has 1 N–H and O–H groups in total. The second kappa shape index (κ2) is 5.18. The molecule has 0 saturated heterocycles. The molecule has 0 aliphatic heterocycles. The van der Waals surface area contributed by atoms with Gasteiger partial charge in [-0.05, 0) is 24.8 Å². The van der Waals surface area contributed by atoms with Crippen molar-refractivity contribution in [3.05, 3.63) is 12.2 Å². The number of carbonyl (C=O) groups is 1. The third-order valence-corrected chi connectivity index (χ3v) is 2.21. The molecule has 1 unspecified atom stereocenters. The number of ketones is 1. The molecular formula is C11H20O2. The quantitative estimate of drug-likeness (QED) is 0.666. The smallest absolute Gasteiger partial charge is 0.152 e. The molecule has 0 spiro atoms. The highest BCUT2D eigenvalue weighted by molar-refractivity contribution is 5.87. The van der Waals surface area contributed by atoms with Gasteiger partial charge >= 0.3 is 0 Å². The van der Waals surface area contributed by atoms with Crippen molar-refractivity contribution in [2.45, 2.75) is 46.6 Å². The molecule has 0 bridgehead atoms. The van der Waals surface area contributed by atoms with Gasteiger partial charge in [0.2, 0.25) is 0 Å². The van der Waals surface area contributed by atoms with E-state index in [4.69, 9.17) is 0 Å². The minimum atomic E-state index is -0.531. The monoisotopic (exact) mass is 184 g/mol. The van der Waals surface area contributed by atoms with Crippen molar-refractivity contribution in [3.63, 3.8) is 0 Å². The molecule has 0 radical (unpaired) electrons. The largest absolute Gasteiger partial charge is 0.388 e. The van der Waals surface area contributed by atoms with Gasteiger partial charge in [-0.15, -0.1) is 0 Å². The summed E-state index contributed by atoms with van der Waals surface area (Å²) in [6.45, 7) is 7.58. The summed E-state index contributed by atoms with van der Waals surface area (Å²) < 4.78 is 0. The molecule has 0 aromatic carbocycles. The van der Waals surface area contributed by atoms with Crippen LogP contribution < -0.4 is 0 Å². The summed E-state index contributed by atoms with van der Waals surface area (Å²) in [5.41, 5.74) is -0.138. The standard InChI is InChI=1S/C11H20O2/c1-5-8-11(3,4)10(13)7-6-9(2)12/h6-7,10,13H,5,8H2,1-4H3/b7-6+. The predicted octanol–water partition coefficient (Wildman–Crippen LogP) is 2.32. The lowest BCUT2D eigenvalue weighted by atomic mass is 9.82. The fraction of sp³-hybridized carbons (Fsp3) is 0.727. The van der Waals surface area contributed by atoms with Crippen molar-refractivity contribution in [1.29, 1.82) is 0 Å². The molecule has 0 rings (SSSR count). The molecule has 0 saturated carbocycles. The summed E-state index contributed by atoms with van der Waals surface area (Å²) in [6.07, 6.45) is 4.48. The first-order valence-corrected chi connectivity index (χ1v) is 4.77. The van der Waals surface area contributed by atoms with Crippen molar-refractivity contribution in [2.75, 3.05) is 0 Å². The van der Waals surface area contributed by atoms with Gasteiger partial charge < -0.3 is 5.11 Å². The molecular weight excluding hydrogens is 164 g/mol. The van der Waals surface area contributed by atoms with Gasteiger partial charge in [-0.1, -0.05) is 33.3 Å². The Morgan fingerprint density at radius 2 is 2.08 bits per heavy atom. The summed E-state index contributed by atoms with van der Waals surface area (Å²) in [5, 5.41) is 9.72. The molecule has 0 amide bonds. The number of aliphatic hydroxyl groups is 1. The van der Waals surface area contributed by atoms with E-state index in [0.717, 1.165) is 12.8 Å². The van der Waals surface area contributed by atoms with E-state index >= 15 is 0 Å². The minimum absolute atomic E-state index is 0.0219. The summed E-state index contributed by atoms with van der Waals surface area (Å²) in [7, 11) is 0. The summed E-state index contributed by atoms with van der Waals surface area (Å²) in [6, 6.07) is 0. The third-order valence-electron chi connectivity index (χ3n) is 2.21. The van der Waals surface area contributed by atoms with Crippen LogP contribution in [0, 0.1) is 5.41 Å². The Morgan fingerprint density at radius 1 is 1.54 bits per heavy atom. The number of hydrogen-bond acceptors (Lipinski definition) is 2. The second-order valence-electron chi connectivity index (χ2n) is 4.15. The highest BCUT2D eigenvalue weighted by atomic mass is 16.3. The van der Waals surface area contributed by atoms with Gasteiger partial charge in [0.25, 0.3) is 0 Å². The normalized spacial score (nSPS) is 14.8. The lowest BCUT2D eigenvalue weighted by molar-refractivity contribution is -0.112. The van der Waals surface area contributed by atoms with E-state index in [9.17, 15) is 9.90 Å².